The molecule has 0 aliphatic rings. The summed E-state index contributed by atoms with van der Waals surface area (Å²) in [5.41, 5.74) is 6.58. The molecule has 0 saturated carbocycles. The summed E-state index contributed by atoms with van der Waals surface area (Å²) in [5, 5.41) is 4.98. The minimum absolute atomic E-state index is 0.147. The first-order valence-corrected chi connectivity index (χ1v) is 15.6. The van der Waals surface area contributed by atoms with E-state index in [2.05, 4.69) is 28.8 Å². The quantitative estimate of drug-likeness (QED) is 0.124. The highest BCUT2D eigenvalue weighted by Crippen LogP contribution is 2.38. The Bertz CT molecular complexity index is 1820. The molecule has 0 spiro atoms. The van der Waals surface area contributed by atoms with Crippen molar-refractivity contribution in [2.24, 2.45) is 5.92 Å². The molecule has 0 aliphatic carbocycles. The van der Waals surface area contributed by atoms with Crippen LogP contribution in [-0.2, 0) is 24.2 Å². The van der Waals surface area contributed by atoms with Gasteiger partial charge >= 0.3 is 0 Å². The molecule has 9 heteroatoms. The number of fused-ring (bicyclic) bond motifs is 1. The summed E-state index contributed by atoms with van der Waals surface area (Å²) < 4.78 is 24.0. The van der Waals surface area contributed by atoms with Crippen LogP contribution in [0.15, 0.2) is 79.0 Å². The van der Waals surface area contributed by atoms with Crippen molar-refractivity contribution in [1.82, 2.24) is 14.7 Å². The summed E-state index contributed by atoms with van der Waals surface area (Å²) >= 11 is 6.58. The first-order valence-electron chi connectivity index (χ1n) is 15.2. The second kappa shape index (κ2) is 15.1. The molecule has 0 bridgehead atoms. The number of ether oxygens (including phenoxy) is 4. The van der Waals surface area contributed by atoms with Gasteiger partial charge in [0.2, 0.25) is 5.91 Å². The molecule has 5 rings (SSSR count). The van der Waals surface area contributed by atoms with Gasteiger partial charge in [0.05, 0.1) is 51.4 Å². The fourth-order valence-corrected chi connectivity index (χ4v) is 5.98. The number of nitrogens with zero attached hydrogens (tertiary/aromatic N) is 3. The third-order valence-electron chi connectivity index (χ3n) is 8.14. The molecule has 8 nitrogen and oxygen atoms in total. The van der Waals surface area contributed by atoms with E-state index in [4.69, 9.17) is 35.5 Å². The topological polar surface area (TPSA) is 85.4 Å². The Kier molecular flexibility index (Phi) is 10.7. The largest absolute Gasteiger partial charge is 0.497 e. The molecule has 1 radical (unpaired) electrons. The van der Waals surface area contributed by atoms with Crippen LogP contribution in [-0.4, -0.2) is 43.7 Å². The number of carbonyl (C=O) groups excluding carboxylic acids is 1. The van der Waals surface area contributed by atoms with E-state index in [0.717, 1.165) is 50.8 Å². The highest BCUT2D eigenvalue weighted by molar-refractivity contribution is 6.33. The first-order chi connectivity index (χ1) is 22.3. The Hall–Kier alpha value is -4.69. The van der Waals surface area contributed by atoms with Gasteiger partial charge in [0, 0.05) is 24.6 Å². The zero-order valence-electron chi connectivity index (χ0n) is 26.9. The van der Waals surface area contributed by atoms with Crippen LogP contribution in [0.4, 0.5) is 0 Å². The smallest absolute Gasteiger partial charge is 0.241 e. The minimum Gasteiger partial charge on any atom is -0.497 e. The van der Waals surface area contributed by atoms with Gasteiger partial charge in [0.25, 0.3) is 0 Å². The second-order valence-electron chi connectivity index (χ2n) is 11.2. The van der Waals surface area contributed by atoms with Gasteiger partial charge in [-0.15, -0.1) is 0 Å². The SMILES string of the molecule is COc1cccc(-c2ccc(OC)c(Cc3c(C[N]C(=O)CCC(C)Cc4ccc(OC)c(OC)c4Cl)nc4ccccn34)c2)c1. The summed E-state index contributed by atoms with van der Waals surface area (Å²) in [6, 6.07) is 23.8. The number of imidazole rings is 1. The van der Waals surface area contributed by atoms with Crippen molar-refractivity contribution in [3.63, 3.8) is 0 Å². The van der Waals surface area contributed by atoms with E-state index in [0.29, 0.717) is 42.2 Å². The predicted molar refractivity (Wildman–Crippen MR) is 180 cm³/mol. The average molecular weight is 641 g/mol. The molecule has 5 aromatic rings. The lowest BCUT2D eigenvalue weighted by Crippen LogP contribution is -2.17. The fraction of sp³-hybridized carbons (Fsp3) is 0.297. The molecule has 2 heterocycles. The Morgan fingerprint density at radius 2 is 1.65 bits per heavy atom. The Balaban J connectivity index is 1.29. The maximum atomic E-state index is 13.0. The zero-order valence-corrected chi connectivity index (χ0v) is 27.6. The van der Waals surface area contributed by atoms with Crippen LogP contribution in [0.1, 0.15) is 42.3 Å². The Labute approximate surface area is 275 Å². The zero-order chi connectivity index (χ0) is 32.6. The fourth-order valence-electron chi connectivity index (χ4n) is 5.67. The molecular formula is C37H39ClN3O5. The molecule has 0 aliphatic heterocycles. The number of aromatic nitrogens is 2. The first kappa shape index (κ1) is 32.7. The summed E-state index contributed by atoms with van der Waals surface area (Å²) in [7, 11) is 6.49. The van der Waals surface area contributed by atoms with Crippen molar-refractivity contribution in [3.05, 3.63) is 107 Å². The number of hydrogen-bond acceptors (Lipinski definition) is 6. The van der Waals surface area contributed by atoms with E-state index < -0.39 is 0 Å². The van der Waals surface area contributed by atoms with Crippen molar-refractivity contribution in [3.8, 4) is 34.1 Å². The van der Waals surface area contributed by atoms with Gasteiger partial charge in [-0.3, -0.25) is 4.79 Å². The van der Waals surface area contributed by atoms with Crippen molar-refractivity contribution in [2.75, 3.05) is 28.4 Å². The summed E-state index contributed by atoms with van der Waals surface area (Å²) in [4.78, 5) is 17.8. The number of amides is 1. The third kappa shape index (κ3) is 7.40. The van der Waals surface area contributed by atoms with E-state index in [1.165, 1.54) is 0 Å². The normalized spacial score (nSPS) is 11.7. The Morgan fingerprint density at radius 3 is 2.41 bits per heavy atom. The molecule has 3 aromatic carbocycles. The van der Waals surface area contributed by atoms with Crippen molar-refractivity contribution < 1.29 is 23.7 Å². The maximum absolute atomic E-state index is 13.0. The molecule has 46 heavy (non-hydrogen) atoms. The van der Waals surface area contributed by atoms with Gasteiger partial charge in [0.1, 0.15) is 17.1 Å². The van der Waals surface area contributed by atoms with Crippen LogP contribution in [0, 0.1) is 5.92 Å². The number of carbonyl (C=O) groups is 1. The molecule has 239 valence electrons. The van der Waals surface area contributed by atoms with Crippen LogP contribution in [0.3, 0.4) is 0 Å². The van der Waals surface area contributed by atoms with Gasteiger partial charge < -0.3 is 23.3 Å². The standard InChI is InChI=1S/C37H39ClN3O5/c1-24(19-27-14-16-33(45-4)37(46-5)36(27)38)12-17-35(42)39-23-30-31(41-18-7-6-11-34(41)40-30)22-28-20-26(13-15-32(28)44-3)25-9-8-10-29(21-25)43-2/h6-11,13-16,18,20-21,24H,12,17,19,22-23H2,1-5H3. The lowest BCUT2D eigenvalue weighted by molar-refractivity contribution is -0.121. The third-order valence-corrected chi connectivity index (χ3v) is 8.56. The van der Waals surface area contributed by atoms with Gasteiger partial charge in [-0.25, -0.2) is 10.3 Å². The van der Waals surface area contributed by atoms with Crippen LogP contribution >= 0.6 is 11.6 Å². The van der Waals surface area contributed by atoms with Gasteiger partial charge in [-0.05, 0) is 77.9 Å². The number of pyridine rings is 1. The molecule has 1 unspecified atom stereocenters. The van der Waals surface area contributed by atoms with E-state index in [1.807, 2.05) is 66.9 Å². The van der Waals surface area contributed by atoms with Crippen LogP contribution in [0.5, 0.6) is 23.0 Å². The molecule has 1 atom stereocenters. The lowest BCUT2D eigenvalue weighted by Gasteiger charge is -2.16. The van der Waals surface area contributed by atoms with Crippen molar-refractivity contribution in [1.29, 1.82) is 0 Å². The molecular weight excluding hydrogens is 602 g/mol. The summed E-state index contributed by atoms with van der Waals surface area (Å²) in [5.74, 6) is 2.75. The Morgan fingerprint density at radius 1 is 0.870 bits per heavy atom. The van der Waals surface area contributed by atoms with E-state index in [1.54, 1.807) is 28.4 Å². The van der Waals surface area contributed by atoms with Crippen LogP contribution in [0.25, 0.3) is 16.8 Å². The lowest BCUT2D eigenvalue weighted by atomic mass is 9.96. The minimum atomic E-state index is -0.147. The van der Waals surface area contributed by atoms with Gasteiger partial charge in [0.15, 0.2) is 11.5 Å². The molecule has 1 amide bonds. The molecule has 0 fully saturated rings. The molecule has 2 aromatic heterocycles. The van der Waals surface area contributed by atoms with E-state index in [-0.39, 0.29) is 18.4 Å². The molecule has 0 saturated heterocycles. The highest BCUT2D eigenvalue weighted by atomic mass is 35.5. The van der Waals surface area contributed by atoms with Crippen LogP contribution < -0.4 is 24.3 Å². The van der Waals surface area contributed by atoms with Gasteiger partial charge in [-0.1, -0.05) is 48.9 Å². The summed E-state index contributed by atoms with van der Waals surface area (Å²) in [6.07, 6.45) is 4.26. The maximum Gasteiger partial charge on any atom is 0.241 e. The van der Waals surface area contributed by atoms with E-state index >= 15 is 0 Å². The number of methoxy groups -OCH3 is 4. The monoisotopic (exact) mass is 640 g/mol. The number of benzene rings is 3. The number of rotatable bonds is 14. The van der Waals surface area contributed by atoms with E-state index in [9.17, 15) is 4.79 Å². The molecule has 0 N–H and O–H groups in total. The second-order valence-corrected chi connectivity index (χ2v) is 11.6. The number of halogens is 1. The predicted octanol–water partition coefficient (Wildman–Crippen LogP) is 7.57. The van der Waals surface area contributed by atoms with Crippen molar-refractivity contribution in [2.45, 2.75) is 39.2 Å². The number of hydrogen-bond donors (Lipinski definition) is 0. The van der Waals surface area contributed by atoms with Crippen LogP contribution in [0.2, 0.25) is 5.02 Å². The summed E-state index contributed by atoms with van der Waals surface area (Å²) in [6.45, 7) is 2.30. The average Bonchev–Trinajstić information content (AvgIpc) is 3.44. The van der Waals surface area contributed by atoms with Gasteiger partial charge in [-0.2, -0.15) is 0 Å². The highest BCUT2D eigenvalue weighted by Gasteiger charge is 2.19. The van der Waals surface area contributed by atoms with Crippen molar-refractivity contribution >= 4 is 23.2 Å².